The molecule has 0 atom stereocenters. The van der Waals surface area contributed by atoms with Gasteiger partial charge in [-0.05, 0) is 6.42 Å². The van der Waals surface area contributed by atoms with Gasteiger partial charge >= 0.3 is 6.30 Å². The maximum absolute atomic E-state index is 11.8. The van der Waals surface area contributed by atoms with E-state index in [9.17, 15) is 21.6 Å². The van der Waals surface area contributed by atoms with Crippen molar-refractivity contribution < 1.29 is 21.6 Å². The average molecular weight is 189 g/mol. The Kier molecular flexibility index (Phi) is 1.87. The monoisotopic (exact) mass is 189 g/mol. The molecule has 0 bridgehead atoms. The average Bonchev–Trinajstić information content (AvgIpc) is 2.06. The Morgan fingerprint density at radius 3 is 2.00 bits per heavy atom. The van der Waals surface area contributed by atoms with Crippen molar-refractivity contribution in [3.05, 3.63) is 0 Å². The van der Waals surface area contributed by atoms with E-state index in [1.165, 1.54) is 0 Å². The molecule has 1 aliphatic heterocycles. The molecule has 0 unspecified atom stereocenters. The lowest BCUT2D eigenvalue weighted by Gasteiger charge is -2.16. The van der Waals surface area contributed by atoms with Gasteiger partial charge < -0.3 is 0 Å². The van der Waals surface area contributed by atoms with Crippen molar-refractivity contribution in [2.24, 2.45) is 0 Å². The van der Waals surface area contributed by atoms with Crippen molar-refractivity contribution in [3.63, 3.8) is 0 Å². The molecule has 0 aromatic rings. The predicted octanol–water partition coefficient (Wildman–Crippen LogP) is 0.542. The zero-order valence-electron chi connectivity index (χ0n) is 5.43. The van der Waals surface area contributed by atoms with Crippen LogP contribution in [0, 0.1) is 0 Å². The second-order valence-corrected chi connectivity index (χ2v) is 4.22. The van der Waals surface area contributed by atoms with Crippen LogP contribution in [0.3, 0.4) is 0 Å². The molecule has 1 aliphatic rings. The van der Waals surface area contributed by atoms with Crippen molar-refractivity contribution in [2.45, 2.75) is 12.7 Å². The third-order valence-electron chi connectivity index (χ3n) is 1.38. The van der Waals surface area contributed by atoms with Crippen LogP contribution in [0.25, 0.3) is 0 Å². The summed E-state index contributed by atoms with van der Waals surface area (Å²) in [5.41, 5.74) is 0. The summed E-state index contributed by atoms with van der Waals surface area (Å²) >= 11 is 0. The smallest absolute Gasteiger partial charge is 0.212 e. The predicted molar refractivity (Wildman–Crippen MR) is 31.2 cm³/mol. The standard InChI is InChI=1S/C4H6F3NO2S/c5-4(6,7)8-2-1-3-11(8,9)10/h1-3H2. The fraction of sp³-hybridized carbons (Fsp3) is 1.00. The SMILES string of the molecule is O=S1(=O)CCCN1C(F)(F)F. The Labute approximate surface area is 61.8 Å². The van der Waals surface area contributed by atoms with Crippen LogP contribution in [0.1, 0.15) is 6.42 Å². The molecule has 3 nitrogen and oxygen atoms in total. The summed E-state index contributed by atoms with van der Waals surface area (Å²) in [6, 6.07) is 0. The van der Waals surface area contributed by atoms with Crippen LogP contribution in [0.5, 0.6) is 0 Å². The lowest BCUT2D eigenvalue weighted by atomic mass is 10.5. The van der Waals surface area contributed by atoms with Gasteiger partial charge in [-0.15, -0.1) is 4.31 Å². The Hall–Kier alpha value is -0.300. The highest BCUT2D eigenvalue weighted by Crippen LogP contribution is 2.28. The molecule has 0 N–H and O–H groups in total. The lowest BCUT2D eigenvalue weighted by molar-refractivity contribution is -0.207. The minimum atomic E-state index is -4.74. The fourth-order valence-electron chi connectivity index (χ4n) is 0.924. The minimum Gasteiger partial charge on any atom is -0.212 e. The molecule has 0 aromatic carbocycles. The van der Waals surface area contributed by atoms with Crippen LogP contribution >= 0.6 is 0 Å². The maximum Gasteiger partial charge on any atom is 0.473 e. The largest absolute Gasteiger partial charge is 0.473 e. The molecule has 11 heavy (non-hydrogen) atoms. The quantitative estimate of drug-likeness (QED) is 0.521. The molecule has 1 fully saturated rings. The first-order chi connectivity index (χ1) is 4.84. The van der Waals surface area contributed by atoms with Crippen LogP contribution in [-0.4, -0.2) is 31.3 Å². The third kappa shape index (κ3) is 1.64. The molecule has 1 saturated heterocycles. The first-order valence-corrected chi connectivity index (χ1v) is 4.52. The van der Waals surface area contributed by atoms with Gasteiger partial charge in [-0.25, -0.2) is 8.42 Å². The van der Waals surface area contributed by atoms with E-state index >= 15 is 0 Å². The molecule has 0 aromatic heterocycles. The van der Waals surface area contributed by atoms with E-state index in [1.807, 2.05) is 0 Å². The first kappa shape index (κ1) is 8.79. The Morgan fingerprint density at radius 1 is 1.27 bits per heavy atom. The summed E-state index contributed by atoms with van der Waals surface area (Å²) < 4.78 is 56.2. The van der Waals surface area contributed by atoms with Gasteiger partial charge in [-0.2, -0.15) is 13.2 Å². The number of sulfonamides is 1. The Morgan fingerprint density at radius 2 is 1.82 bits per heavy atom. The van der Waals surface area contributed by atoms with Gasteiger partial charge in [0.1, 0.15) is 0 Å². The molecule has 0 amide bonds. The van der Waals surface area contributed by atoms with Crippen molar-refractivity contribution in [3.8, 4) is 0 Å². The molecule has 66 valence electrons. The van der Waals surface area contributed by atoms with E-state index in [1.54, 1.807) is 0 Å². The molecule has 7 heteroatoms. The van der Waals surface area contributed by atoms with E-state index in [0.29, 0.717) is 0 Å². The van der Waals surface area contributed by atoms with Gasteiger partial charge in [0.2, 0.25) is 10.0 Å². The van der Waals surface area contributed by atoms with Crippen LogP contribution in [0.2, 0.25) is 0 Å². The molecule has 0 saturated carbocycles. The number of halogens is 3. The van der Waals surface area contributed by atoms with Gasteiger partial charge in [0.05, 0.1) is 5.75 Å². The van der Waals surface area contributed by atoms with Crippen molar-refractivity contribution in [1.82, 2.24) is 4.31 Å². The molecule has 1 heterocycles. The van der Waals surface area contributed by atoms with E-state index < -0.39 is 32.9 Å². The fourth-order valence-corrected chi connectivity index (χ4v) is 2.36. The van der Waals surface area contributed by atoms with E-state index in [4.69, 9.17) is 0 Å². The van der Waals surface area contributed by atoms with E-state index in [2.05, 4.69) is 0 Å². The summed E-state index contributed by atoms with van der Waals surface area (Å²) in [5.74, 6) is -0.396. The highest BCUT2D eigenvalue weighted by molar-refractivity contribution is 7.89. The number of hydrogen-bond acceptors (Lipinski definition) is 2. The highest BCUT2D eigenvalue weighted by Gasteiger charge is 2.47. The lowest BCUT2D eigenvalue weighted by Crippen LogP contribution is -2.38. The van der Waals surface area contributed by atoms with Gasteiger partial charge in [-0.1, -0.05) is 0 Å². The minimum absolute atomic E-state index is 0.0574. The highest BCUT2D eigenvalue weighted by atomic mass is 32.2. The van der Waals surface area contributed by atoms with Crippen LogP contribution in [-0.2, 0) is 10.0 Å². The number of rotatable bonds is 0. The van der Waals surface area contributed by atoms with E-state index in [0.717, 1.165) is 0 Å². The first-order valence-electron chi connectivity index (χ1n) is 2.91. The summed E-state index contributed by atoms with van der Waals surface area (Å²) in [7, 11) is -4.04. The van der Waals surface area contributed by atoms with Gasteiger partial charge in [0, 0.05) is 6.54 Å². The Bertz CT molecular complexity index is 245. The molecule has 0 radical (unpaired) electrons. The van der Waals surface area contributed by atoms with E-state index in [-0.39, 0.29) is 6.42 Å². The summed E-state index contributed by atoms with van der Waals surface area (Å²) in [6.07, 6.45) is -4.68. The molecule has 0 aliphatic carbocycles. The van der Waals surface area contributed by atoms with Crippen molar-refractivity contribution in [2.75, 3.05) is 12.3 Å². The van der Waals surface area contributed by atoms with Crippen molar-refractivity contribution >= 4 is 10.0 Å². The summed E-state index contributed by atoms with van der Waals surface area (Å²) in [4.78, 5) is 0. The summed E-state index contributed by atoms with van der Waals surface area (Å²) in [6.45, 7) is -0.439. The van der Waals surface area contributed by atoms with Gasteiger partial charge in [0.15, 0.2) is 0 Å². The third-order valence-corrected chi connectivity index (χ3v) is 3.25. The second kappa shape index (κ2) is 2.34. The zero-order chi connectivity index (χ0) is 8.70. The number of alkyl halides is 3. The normalized spacial score (nSPS) is 25.7. The molecule has 0 spiro atoms. The zero-order valence-corrected chi connectivity index (χ0v) is 6.24. The Balaban J connectivity index is 2.91. The van der Waals surface area contributed by atoms with Crippen LogP contribution in [0.15, 0.2) is 0 Å². The van der Waals surface area contributed by atoms with Gasteiger partial charge in [0.25, 0.3) is 0 Å². The molecular weight excluding hydrogens is 183 g/mol. The summed E-state index contributed by atoms with van der Waals surface area (Å²) in [5, 5.41) is 0. The number of hydrogen-bond donors (Lipinski definition) is 0. The second-order valence-electron chi connectivity index (χ2n) is 2.21. The van der Waals surface area contributed by atoms with Crippen LogP contribution in [0.4, 0.5) is 13.2 Å². The maximum atomic E-state index is 11.8. The molecule has 1 rings (SSSR count). The topological polar surface area (TPSA) is 37.4 Å². The van der Waals surface area contributed by atoms with Crippen molar-refractivity contribution in [1.29, 1.82) is 0 Å². The van der Waals surface area contributed by atoms with Crippen LogP contribution < -0.4 is 0 Å². The van der Waals surface area contributed by atoms with Gasteiger partial charge in [-0.3, -0.25) is 0 Å². The molecular formula is C4H6F3NO2S. The number of nitrogens with zero attached hydrogens (tertiary/aromatic N) is 1.